The number of aromatic nitrogens is 1. The summed E-state index contributed by atoms with van der Waals surface area (Å²) < 4.78 is 27.1. The van der Waals surface area contributed by atoms with Crippen molar-refractivity contribution in [3.05, 3.63) is 65.2 Å². The highest BCUT2D eigenvalue weighted by Crippen LogP contribution is 2.22. The largest absolute Gasteiger partial charge is 0.339 e. The van der Waals surface area contributed by atoms with Gasteiger partial charge in [-0.1, -0.05) is 30.3 Å². The van der Waals surface area contributed by atoms with E-state index in [4.69, 9.17) is 0 Å². The van der Waals surface area contributed by atoms with Gasteiger partial charge in [0.05, 0.1) is 5.56 Å². The number of amides is 1. The first-order valence-corrected chi connectivity index (χ1v) is 12.3. The molecule has 0 radical (unpaired) electrons. The third-order valence-electron chi connectivity index (χ3n) is 4.91. The van der Waals surface area contributed by atoms with Crippen LogP contribution in [0.5, 0.6) is 0 Å². The minimum Gasteiger partial charge on any atom is -0.339 e. The number of hydrogen-bond donors (Lipinski definition) is 1. The summed E-state index contributed by atoms with van der Waals surface area (Å²) in [6.45, 7) is 1.62. The Hall–Kier alpha value is -2.16. The van der Waals surface area contributed by atoms with E-state index in [1.165, 1.54) is 17.2 Å². The Morgan fingerprint density at radius 3 is 2.62 bits per heavy atom. The van der Waals surface area contributed by atoms with Crippen LogP contribution in [0.1, 0.15) is 28.8 Å². The zero-order valence-electron chi connectivity index (χ0n) is 16.3. The Balaban J connectivity index is 1.49. The fraction of sp³-hybridized carbons (Fsp3) is 0.333. The van der Waals surface area contributed by atoms with E-state index in [1.54, 1.807) is 24.4 Å². The average molecular weight is 432 g/mol. The number of piperidine rings is 1. The fourth-order valence-corrected chi connectivity index (χ4v) is 4.68. The molecule has 1 aromatic carbocycles. The number of carbonyl (C=O) groups is 1. The molecule has 0 unspecified atom stereocenters. The van der Waals surface area contributed by atoms with Crippen LogP contribution in [0.4, 0.5) is 0 Å². The summed E-state index contributed by atoms with van der Waals surface area (Å²) in [5.74, 6) is 0.208. The number of sulfonamides is 1. The zero-order chi connectivity index (χ0) is 20.7. The highest BCUT2D eigenvalue weighted by atomic mass is 32.2. The van der Waals surface area contributed by atoms with Gasteiger partial charge >= 0.3 is 0 Å². The molecule has 1 fully saturated rings. The molecule has 3 rings (SSSR count). The smallest absolute Gasteiger partial charge is 0.256 e. The molecular weight excluding hydrogens is 406 g/mol. The lowest BCUT2D eigenvalue weighted by molar-refractivity contribution is 0.0687. The molecule has 1 aromatic heterocycles. The van der Waals surface area contributed by atoms with Gasteiger partial charge in [-0.25, -0.2) is 18.1 Å². The predicted molar refractivity (Wildman–Crippen MR) is 117 cm³/mol. The van der Waals surface area contributed by atoms with Crippen molar-refractivity contribution < 1.29 is 13.2 Å². The molecule has 1 N–H and O–H groups in total. The normalized spacial score (nSPS) is 15.7. The minimum atomic E-state index is -3.48. The lowest BCUT2D eigenvalue weighted by atomic mass is 9.97. The van der Waals surface area contributed by atoms with Crippen LogP contribution >= 0.6 is 11.8 Å². The van der Waals surface area contributed by atoms with E-state index in [2.05, 4.69) is 9.71 Å². The number of rotatable bonds is 7. The molecular formula is C21H25N3O3S2. The van der Waals surface area contributed by atoms with Crippen LogP contribution in [-0.4, -0.2) is 50.1 Å². The molecule has 8 heteroatoms. The lowest BCUT2D eigenvalue weighted by Gasteiger charge is -2.32. The van der Waals surface area contributed by atoms with Gasteiger partial charge in [-0.3, -0.25) is 4.79 Å². The average Bonchev–Trinajstić information content (AvgIpc) is 2.77. The van der Waals surface area contributed by atoms with Crippen molar-refractivity contribution in [1.29, 1.82) is 0 Å². The van der Waals surface area contributed by atoms with Crippen LogP contribution < -0.4 is 4.72 Å². The second kappa shape index (κ2) is 10.0. The first-order valence-electron chi connectivity index (χ1n) is 9.49. The van der Waals surface area contributed by atoms with Crippen LogP contribution in [0, 0.1) is 5.92 Å². The summed E-state index contributed by atoms with van der Waals surface area (Å²) in [5.41, 5.74) is 1.47. The first kappa shape index (κ1) is 21.5. The Morgan fingerprint density at radius 2 is 1.93 bits per heavy atom. The molecule has 1 aliphatic heterocycles. The summed E-state index contributed by atoms with van der Waals surface area (Å²) in [6.07, 6.45) is 6.72. The molecule has 0 aliphatic carbocycles. The van der Waals surface area contributed by atoms with Crippen LogP contribution in [0.25, 0.3) is 6.08 Å². The van der Waals surface area contributed by atoms with Crippen molar-refractivity contribution in [3.8, 4) is 0 Å². The number of carbonyl (C=O) groups excluding carboxylic acids is 1. The number of benzene rings is 1. The highest BCUT2D eigenvalue weighted by molar-refractivity contribution is 7.98. The maximum atomic E-state index is 12.8. The summed E-state index contributed by atoms with van der Waals surface area (Å²) in [4.78, 5) is 18.9. The van der Waals surface area contributed by atoms with E-state index in [-0.39, 0.29) is 11.8 Å². The number of hydrogen-bond acceptors (Lipinski definition) is 5. The Kier molecular flexibility index (Phi) is 7.46. The van der Waals surface area contributed by atoms with E-state index in [9.17, 15) is 13.2 Å². The molecule has 1 saturated heterocycles. The van der Waals surface area contributed by atoms with E-state index >= 15 is 0 Å². The molecule has 29 heavy (non-hydrogen) atoms. The molecule has 1 aliphatic rings. The molecule has 0 bridgehead atoms. The van der Waals surface area contributed by atoms with Gasteiger partial charge in [0.25, 0.3) is 5.91 Å². The van der Waals surface area contributed by atoms with Crippen molar-refractivity contribution in [2.45, 2.75) is 17.9 Å². The van der Waals surface area contributed by atoms with E-state index in [0.717, 1.165) is 23.4 Å². The van der Waals surface area contributed by atoms with Crippen molar-refractivity contribution in [1.82, 2.24) is 14.6 Å². The summed E-state index contributed by atoms with van der Waals surface area (Å²) >= 11 is 1.46. The standard InChI is InChI=1S/C21H25N3O3S2/c1-28-20-19(8-5-12-22-20)21(25)24-13-9-18(10-14-24)16-23-29(26,27)15-11-17-6-3-2-4-7-17/h2-8,11-12,15,18,23H,9-10,13-14,16H2,1H3/b15-11+. The third-order valence-corrected chi connectivity index (χ3v) is 6.68. The Labute approximate surface area is 176 Å². The second-order valence-electron chi connectivity index (χ2n) is 6.90. The molecule has 1 amide bonds. The van der Waals surface area contributed by atoms with Crippen LogP contribution in [0.3, 0.4) is 0 Å². The Morgan fingerprint density at radius 1 is 1.21 bits per heavy atom. The number of thioether (sulfide) groups is 1. The monoisotopic (exact) mass is 431 g/mol. The van der Waals surface area contributed by atoms with Gasteiger partial charge in [0, 0.05) is 31.2 Å². The van der Waals surface area contributed by atoms with Gasteiger partial charge in [0.1, 0.15) is 5.03 Å². The molecule has 6 nitrogen and oxygen atoms in total. The van der Waals surface area contributed by atoms with Crippen molar-refractivity contribution in [3.63, 3.8) is 0 Å². The minimum absolute atomic E-state index is 0.00715. The van der Waals surface area contributed by atoms with E-state index in [0.29, 0.717) is 25.2 Å². The maximum absolute atomic E-state index is 12.8. The van der Waals surface area contributed by atoms with Gasteiger partial charge in [0.15, 0.2) is 0 Å². The quantitative estimate of drug-likeness (QED) is 0.681. The van der Waals surface area contributed by atoms with Gasteiger partial charge < -0.3 is 4.90 Å². The first-order chi connectivity index (χ1) is 14.0. The number of nitrogens with one attached hydrogen (secondary N) is 1. The topological polar surface area (TPSA) is 79.4 Å². The van der Waals surface area contributed by atoms with Crippen LogP contribution in [-0.2, 0) is 10.0 Å². The predicted octanol–water partition coefficient (Wildman–Crippen LogP) is 3.25. The van der Waals surface area contributed by atoms with Crippen LogP contribution in [0.2, 0.25) is 0 Å². The molecule has 0 atom stereocenters. The number of likely N-dealkylation sites (tertiary alicyclic amines) is 1. The van der Waals surface area contributed by atoms with Crippen molar-refractivity contribution >= 4 is 33.8 Å². The maximum Gasteiger partial charge on any atom is 0.256 e. The van der Waals surface area contributed by atoms with Crippen LogP contribution in [0.15, 0.2) is 59.1 Å². The summed E-state index contributed by atoms with van der Waals surface area (Å²) in [5, 5.41) is 1.94. The molecule has 154 valence electrons. The second-order valence-corrected chi connectivity index (χ2v) is 9.35. The van der Waals surface area contributed by atoms with E-state index in [1.807, 2.05) is 41.5 Å². The van der Waals surface area contributed by atoms with Gasteiger partial charge in [0.2, 0.25) is 10.0 Å². The van der Waals surface area contributed by atoms with E-state index < -0.39 is 10.0 Å². The van der Waals surface area contributed by atoms with Gasteiger partial charge in [-0.05, 0) is 48.8 Å². The molecule has 0 saturated carbocycles. The number of pyridine rings is 1. The highest BCUT2D eigenvalue weighted by Gasteiger charge is 2.25. The fourth-order valence-electron chi connectivity index (χ4n) is 3.24. The third kappa shape index (κ3) is 6.16. The molecule has 2 aromatic rings. The lowest BCUT2D eigenvalue weighted by Crippen LogP contribution is -2.41. The summed E-state index contributed by atoms with van der Waals surface area (Å²) in [6, 6.07) is 12.9. The molecule has 0 spiro atoms. The zero-order valence-corrected chi connectivity index (χ0v) is 18.0. The Bertz CT molecular complexity index is 954. The van der Waals surface area contributed by atoms with Gasteiger partial charge in [-0.2, -0.15) is 0 Å². The SMILES string of the molecule is CSc1ncccc1C(=O)N1CCC(CNS(=O)(=O)/C=C/c2ccccc2)CC1. The van der Waals surface area contributed by atoms with Gasteiger partial charge in [-0.15, -0.1) is 11.8 Å². The van der Waals surface area contributed by atoms with Crippen molar-refractivity contribution in [2.24, 2.45) is 5.92 Å². The number of nitrogens with zero attached hydrogens (tertiary/aromatic N) is 2. The molecule has 2 heterocycles. The van der Waals surface area contributed by atoms with Crippen molar-refractivity contribution in [2.75, 3.05) is 25.9 Å². The summed E-state index contributed by atoms with van der Waals surface area (Å²) in [7, 11) is -3.48.